The van der Waals surface area contributed by atoms with Crippen molar-refractivity contribution in [2.75, 3.05) is 38.3 Å². The second-order valence-corrected chi connectivity index (χ2v) is 10.6. The maximum atomic E-state index is 15.2. The standard InChI is InChI=1S/C24H33FN4O5/c1-24(2,3)34-22(31)13-28-10-9-16(17(25)12-28)15-5-6-19-18(11-15)27(4)14-29(19,33)20-7-8-21(30)26-23(20)32/h5-6,11,16-17,20H,7-10,12-14H2,1-4H3,(H,26,30,32). The normalized spacial score (nSPS) is 30.2. The fourth-order valence-corrected chi connectivity index (χ4v) is 5.25. The van der Waals surface area contributed by atoms with Gasteiger partial charge in [0.25, 0.3) is 5.91 Å². The van der Waals surface area contributed by atoms with Gasteiger partial charge in [0.1, 0.15) is 17.5 Å². The van der Waals surface area contributed by atoms with E-state index in [2.05, 4.69) is 5.32 Å². The quantitative estimate of drug-likeness (QED) is 0.308. The van der Waals surface area contributed by atoms with Crippen molar-refractivity contribution in [3.63, 3.8) is 0 Å². The number of fused-ring (bicyclic) bond motifs is 1. The Hall–Kier alpha value is -2.56. The third-order valence-electron chi connectivity index (χ3n) is 6.78. The van der Waals surface area contributed by atoms with Crippen molar-refractivity contribution in [3.05, 3.63) is 29.0 Å². The van der Waals surface area contributed by atoms with Crippen molar-refractivity contribution in [2.45, 2.75) is 63.8 Å². The molecule has 3 aliphatic rings. The number of hydrogen-bond acceptors (Lipinski definition) is 7. The number of anilines is 1. The Morgan fingerprint density at radius 2 is 2.03 bits per heavy atom. The number of carbonyl (C=O) groups is 3. The molecule has 0 aromatic heterocycles. The van der Waals surface area contributed by atoms with E-state index in [0.29, 0.717) is 24.3 Å². The topological polar surface area (TPSA) is 102 Å². The number of esters is 1. The zero-order valence-corrected chi connectivity index (χ0v) is 20.2. The summed E-state index contributed by atoms with van der Waals surface area (Å²) < 4.78 is 19.7. The summed E-state index contributed by atoms with van der Waals surface area (Å²) in [5, 5.41) is 16.1. The highest BCUT2D eigenvalue weighted by molar-refractivity contribution is 6.01. The Labute approximate surface area is 199 Å². The van der Waals surface area contributed by atoms with E-state index in [4.69, 9.17) is 4.74 Å². The largest absolute Gasteiger partial charge is 0.625 e. The SMILES string of the molecule is CN1C[N+]([O-])(C2CCC(=O)NC2=O)c2ccc(C3CCN(CC(=O)OC(C)(C)C)CC3F)cc21. The first-order valence-corrected chi connectivity index (χ1v) is 11.7. The zero-order valence-electron chi connectivity index (χ0n) is 20.2. The zero-order chi connectivity index (χ0) is 24.8. The number of piperidine rings is 2. The molecule has 0 saturated carbocycles. The first-order chi connectivity index (χ1) is 15.9. The summed E-state index contributed by atoms with van der Waals surface area (Å²) >= 11 is 0. The second kappa shape index (κ2) is 8.90. The van der Waals surface area contributed by atoms with Gasteiger partial charge in [-0.1, -0.05) is 6.07 Å². The lowest BCUT2D eigenvalue weighted by atomic mass is 9.87. The molecule has 2 fully saturated rings. The van der Waals surface area contributed by atoms with Gasteiger partial charge in [-0.3, -0.25) is 29.2 Å². The van der Waals surface area contributed by atoms with E-state index in [9.17, 15) is 19.6 Å². The highest BCUT2D eigenvalue weighted by Gasteiger charge is 2.47. The lowest BCUT2D eigenvalue weighted by Crippen LogP contribution is -2.62. The van der Waals surface area contributed by atoms with Crippen LogP contribution in [0.25, 0.3) is 0 Å². The van der Waals surface area contributed by atoms with Gasteiger partial charge in [0, 0.05) is 38.4 Å². The molecule has 0 radical (unpaired) electrons. The summed E-state index contributed by atoms with van der Waals surface area (Å²) in [5.41, 5.74) is 1.36. The number of likely N-dealkylation sites (tertiary alicyclic amines) is 1. The Kier molecular flexibility index (Phi) is 6.43. The number of alkyl halides is 1. The summed E-state index contributed by atoms with van der Waals surface area (Å²) in [6.07, 6.45) is -0.285. The van der Waals surface area contributed by atoms with Crippen LogP contribution in [0.15, 0.2) is 18.2 Å². The number of carbonyl (C=O) groups excluding carboxylic acids is 3. The first-order valence-electron chi connectivity index (χ1n) is 11.7. The van der Waals surface area contributed by atoms with Crippen LogP contribution in [0, 0.1) is 5.21 Å². The fraction of sp³-hybridized carbons (Fsp3) is 0.625. The molecule has 1 aromatic rings. The maximum Gasteiger partial charge on any atom is 0.320 e. The van der Waals surface area contributed by atoms with Gasteiger partial charge in [-0.2, -0.15) is 0 Å². The van der Waals surface area contributed by atoms with Gasteiger partial charge in [-0.05, 0) is 45.4 Å². The number of rotatable bonds is 4. The number of imide groups is 1. The van der Waals surface area contributed by atoms with Crippen LogP contribution in [-0.2, 0) is 19.1 Å². The highest BCUT2D eigenvalue weighted by Crippen LogP contribution is 2.45. The van der Waals surface area contributed by atoms with E-state index in [1.54, 1.807) is 49.8 Å². The Balaban J connectivity index is 1.47. The molecule has 10 heteroatoms. The lowest BCUT2D eigenvalue weighted by molar-refractivity contribution is -0.156. The van der Waals surface area contributed by atoms with Crippen molar-refractivity contribution in [3.8, 4) is 0 Å². The van der Waals surface area contributed by atoms with Crippen LogP contribution in [0.1, 0.15) is 51.5 Å². The molecule has 9 nitrogen and oxygen atoms in total. The van der Waals surface area contributed by atoms with Crippen LogP contribution in [-0.4, -0.2) is 73.8 Å². The minimum absolute atomic E-state index is 0.0540. The number of hydroxylamine groups is 2. The van der Waals surface area contributed by atoms with Gasteiger partial charge in [0.05, 0.1) is 6.54 Å². The van der Waals surface area contributed by atoms with E-state index < -0.39 is 28.4 Å². The van der Waals surface area contributed by atoms with Gasteiger partial charge >= 0.3 is 5.97 Å². The summed E-state index contributed by atoms with van der Waals surface area (Å²) in [5.74, 6) is -1.62. The Morgan fingerprint density at radius 1 is 1.29 bits per heavy atom. The number of nitrogens with zero attached hydrogens (tertiary/aromatic N) is 3. The predicted molar refractivity (Wildman–Crippen MR) is 126 cm³/mol. The number of ether oxygens (including phenoxy) is 1. The van der Waals surface area contributed by atoms with Crippen molar-refractivity contribution in [1.29, 1.82) is 0 Å². The van der Waals surface area contributed by atoms with E-state index in [-0.39, 0.29) is 50.4 Å². The van der Waals surface area contributed by atoms with Gasteiger partial charge < -0.3 is 14.8 Å². The minimum atomic E-state index is -1.16. The summed E-state index contributed by atoms with van der Waals surface area (Å²) in [4.78, 5) is 39.6. The number of quaternary nitrogens is 1. The first kappa shape index (κ1) is 24.6. The van der Waals surface area contributed by atoms with Gasteiger partial charge in [-0.15, -0.1) is 0 Å². The number of benzene rings is 1. The number of hydrogen-bond donors (Lipinski definition) is 1. The summed E-state index contributed by atoms with van der Waals surface area (Å²) in [6.45, 7) is 6.21. The third kappa shape index (κ3) is 4.80. The molecule has 186 valence electrons. The van der Waals surface area contributed by atoms with E-state index >= 15 is 4.39 Å². The lowest BCUT2D eigenvalue weighted by Gasteiger charge is -2.44. The average molecular weight is 477 g/mol. The molecule has 4 unspecified atom stereocenters. The van der Waals surface area contributed by atoms with Crippen LogP contribution >= 0.6 is 0 Å². The average Bonchev–Trinajstić information content (AvgIpc) is 2.97. The molecule has 0 aliphatic carbocycles. The molecule has 0 spiro atoms. The van der Waals surface area contributed by atoms with Crippen LogP contribution in [0.3, 0.4) is 0 Å². The number of nitrogens with one attached hydrogen (secondary N) is 1. The molecule has 3 aliphatic heterocycles. The smallest absolute Gasteiger partial charge is 0.320 e. The van der Waals surface area contributed by atoms with Crippen molar-refractivity contribution in [2.24, 2.45) is 0 Å². The highest BCUT2D eigenvalue weighted by atomic mass is 19.1. The molecule has 2 saturated heterocycles. The molecule has 34 heavy (non-hydrogen) atoms. The van der Waals surface area contributed by atoms with Crippen molar-refractivity contribution in [1.82, 2.24) is 14.9 Å². The van der Waals surface area contributed by atoms with Crippen LogP contribution in [0.2, 0.25) is 0 Å². The van der Waals surface area contributed by atoms with E-state index in [1.165, 1.54) is 0 Å². The molecule has 4 atom stereocenters. The molecule has 3 heterocycles. The van der Waals surface area contributed by atoms with Crippen molar-refractivity contribution >= 4 is 29.2 Å². The summed E-state index contributed by atoms with van der Waals surface area (Å²) in [7, 11) is 1.78. The van der Waals surface area contributed by atoms with Gasteiger partial charge in [-0.25, -0.2) is 4.39 Å². The number of halogens is 1. The second-order valence-electron chi connectivity index (χ2n) is 10.6. The fourth-order valence-electron chi connectivity index (χ4n) is 5.25. The molecule has 4 rings (SSSR count). The monoisotopic (exact) mass is 476 g/mol. The molecule has 1 aromatic carbocycles. The maximum absolute atomic E-state index is 15.2. The van der Waals surface area contributed by atoms with Crippen molar-refractivity contribution < 1.29 is 23.5 Å². The summed E-state index contributed by atoms with van der Waals surface area (Å²) in [6, 6.07) is 4.43. The molecular weight excluding hydrogens is 443 g/mol. The minimum Gasteiger partial charge on any atom is -0.625 e. The van der Waals surface area contributed by atoms with Gasteiger partial charge in [0.15, 0.2) is 18.4 Å². The van der Waals surface area contributed by atoms with Gasteiger partial charge in [0.2, 0.25) is 5.91 Å². The Bertz CT molecular complexity index is 996. The van der Waals surface area contributed by atoms with Crippen LogP contribution in [0.4, 0.5) is 15.8 Å². The molecule has 2 amide bonds. The van der Waals surface area contributed by atoms with E-state index in [0.717, 1.165) is 5.56 Å². The Morgan fingerprint density at radius 3 is 2.68 bits per heavy atom. The molecule has 0 bridgehead atoms. The predicted octanol–water partition coefficient (Wildman–Crippen LogP) is 2.17. The third-order valence-corrected chi connectivity index (χ3v) is 6.78. The van der Waals surface area contributed by atoms with E-state index in [1.807, 2.05) is 6.07 Å². The number of amides is 2. The molecular formula is C24H33FN4O5. The van der Waals surface area contributed by atoms with Crippen LogP contribution in [0.5, 0.6) is 0 Å². The van der Waals surface area contributed by atoms with Crippen LogP contribution < -0.4 is 14.9 Å². The molecule has 1 N–H and O–H groups in total.